The number of halogens is 1. The van der Waals surface area contributed by atoms with Crippen LogP contribution in [0.15, 0.2) is 66.7 Å². The molecule has 27 heavy (non-hydrogen) atoms. The number of aryl methyl sites for hydroxylation is 1. The standard InChI is InChI=1S/C22H17ClN2O2/c1-15-2-9-19(23)12-21(15)25-22(26)14-27-20-10-7-18(8-11-20)17-5-3-16(13-24)4-6-17/h2-12H,14H2,1H3,(H,25,26). The molecule has 0 unspecified atom stereocenters. The largest absolute Gasteiger partial charge is 0.484 e. The van der Waals surface area contributed by atoms with Crippen LogP contribution < -0.4 is 10.1 Å². The molecule has 0 saturated heterocycles. The van der Waals surface area contributed by atoms with Crippen LogP contribution >= 0.6 is 11.6 Å². The van der Waals surface area contributed by atoms with Crippen LogP contribution in [0.4, 0.5) is 5.69 Å². The van der Waals surface area contributed by atoms with Crippen LogP contribution in [0.2, 0.25) is 5.02 Å². The minimum Gasteiger partial charge on any atom is -0.484 e. The van der Waals surface area contributed by atoms with Gasteiger partial charge in [0, 0.05) is 10.7 Å². The van der Waals surface area contributed by atoms with Gasteiger partial charge in [-0.25, -0.2) is 0 Å². The molecule has 0 aromatic heterocycles. The van der Waals surface area contributed by atoms with Crippen molar-refractivity contribution in [1.82, 2.24) is 0 Å². The summed E-state index contributed by atoms with van der Waals surface area (Å²) in [6, 6.07) is 22.2. The van der Waals surface area contributed by atoms with E-state index >= 15 is 0 Å². The Bertz CT molecular complexity index is 990. The zero-order valence-corrected chi connectivity index (χ0v) is 15.5. The summed E-state index contributed by atoms with van der Waals surface area (Å²) in [6.45, 7) is 1.80. The molecule has 0 aliphatic carbocycles. The van der Waals surface area contributed by atoms with Gasteiger partial charge >= 0.3 is 0 Å². The molecule has 3 rings (SSSR count). The fourth-order valence-corrected chi connectivity index (χ4v) is 2.72. The van der Waals surface area contributed by atoms with Crippen LogP contribution in [-0.4, -0.2) is 12.5 Å². The predicted molar refractivity (Wildman–Crippen MR) is 107 cm³/mol. The summed E-state index contributed by atoms with van der Waals surface area (Å²) in [7, 11) is 0. The zero-order chi connectivity index (χ0) is 19.2. The maximum atomic E-state index is 12.1. The average Bonchev–Trinajstić information content (AvgIpc) is 2.70. The monoisotopic (exact) mass is 376 g/mol. The SMILES string of the molecule is Cc1ccc(Cl)cc1NC(=O)COc1ccc(-c2ccc(C#N)cc2)cc1. The molecular weight excluding hydrogens is 360 g/mol. The van der Waals surface area contributed by atoms with E-state index in [1.807, 2.05) is 49.4 Å². The van der Waals surface area contributed by atoms with Crippen LogP contribution in [-0.2, 0) is 4.79 Å². The van der Waals surface area contributed by atoms with Crippen LogP contribution in [0.1, 0.15) is 11.1 Å². The third kappa shape index (κ3) is 4.87. The number of nitrogens with zero attached hydrogens (tertiary/aromatic N) is 1. The molecule has 0 atom stereocenters. The van der Waals surface area contributed by atoms with Gasteiger partial charge in [0.1, 0.15) is 5.75 Å². The first-order chi connectivity index (χ1) is 13.0. The topological polar surface area (TPSA) is 62.1 Å². The number of carbonyl (C=O) groups is 1. The lowest BCUT2D eigenvalue weighted by Gasteiger charge is -2.10. The van der Waals surface area contributed by atoms with Crippen LogP contribution in [0.5, 0.6) is 5.75 Å². The fourth-order valence-electron chi connectivity index (χ4n) is 2.54. The molecule has 0 heterocycles. The minimum absolute atomic E-state index is 0.0951. The molecule has 3 aromatic rings. The molecule has 0 aliphatic rings. The summed E-state index contributed by atoms with van der Waals surface area (Å²) < 4.78 is 5.55. The summed E-state index contributed by atoms with van der Waals surface area (Å²) >= 11 is 5.96. The van der Waals surface area contributed by atoms with Crippen LogP contribution in [0.3, 0.4) is 0 Å². The van der Waals surface area contributed by atoms with Gasteiger partial charge in [0.15, 0.2) is 6.61 Å². The minimum atomic E-state index is -0.253. The highest BCUT2D eigenvalue weighted by Gasteiger charge is 2.07. The second-order valence-corrected chi connectivity index (χ2v) is 6.45. The molecule has 1 N–H and O–H groups in total. The highest BCUT2D eigenvalue weighted by atomic mass is 35.5. The maximum absolute atomic E-state index is 12.1. The number of hydrogen-bond acceptors (Lipinski definition) is 3. The number of benzene rings is 3. The summed E-state index contributed by atoms with van der Waals surface area (Å²) in [5.41, 5.74) is 4.24. The fraction of sp³-hybridized carbons (Fsp3) is 0.0909. The molecule has 134 valence electrons. The smallest absolute Gasteiger partial charge is 0.262 e. The van der Waals surface area contributed by atoms with Crippen molar-refractivity contribution in [3.8, 4) is 22.9 Å². The Morgan fingerprint density at radius 2 is 1.67 bits per heavy atom. The summed E-state index contributed by atoms with van der Waals surface area (Å²) in [5.74, 6) is 0.349. The molecule has 5 heteroatoms. The molecule has 0 aliphatic heterocycles. The predicted octanol–water partition coefficient (Wildman–Crippen LogP) is 5.20. The first-order valence-corrected chi connectivity index (χ1v) is 8.72. The van der Waals surface area contributed by atoms with E-state index in [0.717, 1.165) is 16.7 Å². The van der Waals surface area contributed by atoms with Gasteiger partial charge in [0.25, 0.3) is 5.91 Å². The number of amides is 1. The van der Waals surface area contributed by atoms with E-state index in [1.165, 1.54) is 0 Å². The Morgan fingerprint density at radius 3 is 2.30 bits per heavy atom. The van der Waals surface area contributed by atoms with E-state index in [2.05, 4.69) is 11.4 Å². The molecule has 3 aromatic carbocycles. The Morgan fingerprint density at radius 1 is 1.04 bits per heavy atom. The number of nitriles is 1. The van der Waals surface area contributed by atoms with Crippen molar-refractivity contribution in [2.24, 2.45) is 0 Å². The highest BCUT2D eigenvalue weighted by molar-refractivity contribution is 6.31. The third-order valence-corrected chi connectivity index (χ3v) is 4.28. The first kappa shape index (κ1) is 18.5. The van der Waals surface area contributed by atoms with Gasteiger partial charge in [-0.05, 0) is 60.0 Å². The molecule has 0 radical (unpaired) electrons. The Balaban J connectivity index is 1.59. The number of hydrogen-bond donors (Lipinski definition) is 1. The normalized spacial score (nSPS) is 10.1. The van der Waals surface area contributed by atoms with Crippen molar-refractivity contribution in [2.75, 3.05) is 11.9 Å². The van der Waals surface area contributed by atoms with E-state index in [4.69, 9.17) is 21.6 Å². The number of ether oxygens (including phenoxy) is 1. The van der Waals surface area contributed by atoms with Crippen molar-refractivity contribution in [3.05, 3.63) is 82.9 Å². The van der Waals surface area contributed by atoms with E-state index in [-0.39, 0.29) is 12.5 Å². The lowest BCUT2D eigenvalue weighted by atomic mass is 10.0. The van der Waals surface area contributed by atoms with Crippen molar-refractivity contribution >= 4 is 23.2 Å². The number of anilines is 1. The van der Waals surface area contributed by atoms with Gasteiger partial charge in [-0.3, -0.25) is 4.79 Å². The van der Waals surface area contributed by atoms with Crippen molar-refractivity contribution in [1.29, 1.82) is 5.26 Å². The number of nitrogens with one attached hydrogen (secondary N) is 1. The molecular formula is C22H17ClN2O2. The van der Waals surface area contributed by atoms with Crippen LogP contribution in [0, 0.1) is 18.3 Å². The van der Waals surface area contributed by atoms with Gasteiger partial charge in [-0.2, -0.15) is 5.26 Å². The maximum Gasteiger partial charge on any atom is 0.262 e. The van der Waals surface area contributed by atoms with Crippen molar-refractivity contribution < 1.29 is 9.53 Å². The van der Waals surface area contributed by atoms with Crippen molar-refractivity contribution in [3.63, 3.8) is 0 Å². The van der Waals surface area contributed by atoms with Crippen molar-refractivity contribution in [2.45, 2.75) is 6.92 Å². The average molecular weight is 377 g/mol. The second-order valence-electron chi connectivity index (χ2n) is 6.01. The lowest BCUT2D eigenvalue weighted by Crippen LogP contribution is -2.20. The van der Waals surface area contributed by atoms with E-state index in [1.54, 1.807) is 24.3 Å². The molecule has 0 bridgehead atoms. The third-order valence-electron chi connectivity index (χ3n) is 4.05. The highest BCUT2D eigenvalue weighted by Crippen LogP contribution is 2.23. The summed E-state index contributed by atoms with van der Waals surface area (Å²) in [5, 5.41) is 12.2. The van der Waals surface area contributed by atoms with E-state index < -0.39 is 0 Å². The van der Waals surface area contributed by atoms with Gasteiger partial charge in [0.05, 0.1) is 11.6 Å². The summed E-state index contributed by atoms with van der Waals surface area (Å²) in [4.78, 5) is 12.1. The van der Waals surface area contributed by atoms with Gasteiger partial charge < -0.3 is 10.1 Å². The lowest BCUT2D eigenvalue weighted by molar-refractivity contribution is -0.118. The molecule has 1 amide bonds. The van der Waals surface area contributed by atoms with Gasteiger partial charge in [0.2, 0.25) is 0 Å². The van der Waals surface area contributed by atoms with Gasteiger partial charge in [-0.1, -0.05) is 41.9 Å². The quantitative estimate of drug-likeness (QED) is 0.665. The molecule has 0 fully saturated rings. The number of rotatable bonds is 5. The summed E-state index contributed by atoms with van der Waals surface area (Å²) in [6.07, 6.45) is 0. The molecule has 0 saturated carbocycles. The second kappa shape index (κ2) is 8.39. The van der Waals surface area contributed by atoms with Crippen LogP contribution in [0.25, 0.3) is 11.1 Å². The number of carbonyl (C=O) groups excluding carboxylic acids is 1. The Labute approximate surface area is 163 Å². The van der Waals surface area contributed by atoms with Gasteiger partial charge in [-0.15, -0.1) is 0 Å². The Hall–Kier alpha value is -3.29. The Kier molecular flexibility index (Phi) is 5.75. The van der Waals surface area contributed by atoms with E-state index in [9.17, 15) is 4.79 Å². The molecule has 0 spiro atoms. The molecule has 4 nitrogen and oxygen atoms in total. The zero-order valence-electron chi connectivity index (χ0n) is 14.7. The first-order valence-electron chi connectivity index (χ1n) is 8.34. The van der Waals surface area contributed by atoms with E-state index in [0.29, 0.717) is 22.0 Å².